The van der Waals surface area contributed by atoms with E-state index in [1.54, 1.807) is 19.1 Å². The Hall–Kier alpha value is -2.45. The van der Waals surface area contributed by atoms with Crippen LogP contribution in [0.4, 0.5) is 0 Å². The van der Waals surface area contributed by atoms with Crippen LogP contribution in [0.3, 0.4) is 0 Å². The number of hydrogen-bond acceptors (Lipinski definition) is 5. The van der Waals surface area contributed by atoms with Crippen LogP contribution in [0, 0.1) is 5.92 Å². The standard InChI is InChI=1S/C21H28N2O5S/c1-3-13-22(17-20(24)28-4-2)21(25)19-10-14-23(15-11-19)29(26,27)16-12-18-8-6-5-7-9-18/h3,5-9,12,16,19H,1,4,10-11,13-15,17H2,2H3. The molecule has 1 fully saturated rings. The first kappa shape index (κ1) is 22.8. The molecule has 1 aliphatic rings. The molecule has 0 unspecified atom stereocenters. The minimum Gasteiger partial charge on any atom is -0.465 e. The van der Waals surface area contributed by atoms with Crippen molar-refractivity contribution < 1.29 is 22.7 Å². The fraction of sp³-hybridized carbons (Fsp3) is 0.429. The van der Waals surface area contributed by atoms with Gasteiger partial charge < -0.3 is 9.64 Å². The predicted octanol–water partition coefficient (Wildman–Crippen LogP) is 2.28. The lowest BCUT2D eigenvalue weighted by Crippen LogP contribution is -2.45. The van der Waals surface area contributed by atoms with Crippen LogP contribution in [0.25, 0.3) is 6.08 Å². The minimum atomic E-state index is -3.55. The van der Waals surface area contributed by atoms with Gasteiger partial charge in [0.15, 0.2) is 0 Å². The third kappa shape index (κ3) is 6.83. The largest absolute Gasteiger partial charge is 0.465 e. The molecule has 0 aromatic heterocycles. The van der Waals surface area contributed by atoms with Gasteiger partial charge in [-0.2, -0.15) is 4.31 Å². The molecule has 1 aliphatic heterocycles. The summed E-state index contributed by atoms with van der Waals surface area (Å²) < 4.78 is 31.4. The van der Waals surface area contributed by atoms with Gasteiger partial charge in [0.2, 0.25) is 15.9 Å². The highest BCUT2D eigenvalue weighted by molar-refractivity contribution is 7.92. The molecule has 0 N–H and O–H groups in total. The van der Waals surface area contributed by atoms with E-state index in [0.29, 0.717) is 12.8 Å². The van der Waals surface area contributed by atoms with Crippen LogP contribution < -0.4 is 0 Å². The molecule has 0 aliphatic carbocycles. The van der Waals surface area contributed by atoms with Gasteiger partial charge >= 0.3 is 5.97 Å². The Labute approximate surface area is 172 Å². The van der Waals surface area contributed by atoms with E-state index in [2.05, 4.69) is 6.58 Å². The second-order valence-electron chi connectivity index (χ2n) is 6.74. The average molecular weight is 421 g/mol. The Balaban J connectivity index is 1.95. The summed E-state index contributed by atoms with van der Waals surface area (Å²) in [5.74, 6) is -0.961. The lowest BCUT2D eigenvalue weighted by Gasteiger charge is -2.32. The number of esters is 1. The lowest BCUT2D eigenvalue weighted by molar-refractivity contribution is -0.150. The molecule has 0 radical (unpaired) electrons. The molecule has 158 valence electrons. The number of ether oxygens (including phenoxy) is 1. The molecule has 0 bridgehead atoms. The molecule has 0 spiro atoms. The van der Waals surface area contributed by atoms with Crippen molar-refractivity contribution in [3.63, 3.8) is 0 Å². The van der Waals surface area contributed by atoms with E-state index in [0.717, 1.165) is 5.56 Å². The normalized spacial score (nSPS) is 15.9. The van der Waals surface area contributed by atoms with E-state index in [9.17, 15) is 18.0 Å². The quantitative estimate of drug-likeness (QED) is 0.452. The van der Waals surface area contributed by atoms with Crippen molar-refractivity contribution in [3.8, 4) is 0 Å². The van der Waals surface area contributed by atoms with Gasteiger partial charge in [0.05, 0.1) is 6.61 Å². The van der Waals surface area contributed by atoms with Crippen LogP contribution in [-0.2, 0) is 24.3 Å². The van der Waals surface area contributed by atoms with Crippen molar-refractivity contribution in [2.24, 2.45) is 5.92 Å². The predicted molar refractivity (Wildman–Crippen MR) is 112 cm³/mol. The molecule has 29 heavy (non-hydrogen) atoms. The van der Waals surface area contributed by atoms with Crippen molar-refractivity contribution in [1.82, 2.24) is 9.21 Å². The van der Waals surface area contributed by atoms with Gasteiger partial charge in [-0.15, -0.1) is 6.58 Å². The summed E-state index contributed by atoms with van der Waals surface area (Å²) in [5, 5.41) is 1.20. The van der Waals surface area contributed by atoms with Crippen LogP contribution in [0.5, 0.6) is 0 Å². The highest BCUT2D eigenvalue weighted by Gasteiger charge is 2.32. The molecule has 0 atom stereocenters. The number of rotatable bonds is 9. The summed E-state index contributed by atoms with van der Waals surface area (Å²) >= 11 is 0. The number of benzene rings is 1. The van der Waals surface area contributed by atoms with Crippen molar-refractivity contribution in [2.75, 3.05) is 32.8 Å². The summed E-state index contributed by atoms with van der Waals surface area (Å²) in [6.07, 6.45) is 3.95. The zero-order valence-corrected chi connectivity index (χ0v) is 17.5. The monoisotopic (exact) mass is 420 g/mol. The molecule has 0 saturated carbocycles. The van der Waals surface area contributed by atoms with E-state index in [1.165, 1.54) is 14.6 Å². The van der Waals surface area contributed by atoms with Crippen LogP contribution in [0.15, 0.2) is 48.4 Å². The molecular formula is C21H28N2O5S. The summed E-state index contributed by atoms with van der Waals surface area (Å²) in [7, 11) is -3.55. The number of piperidine rings is 1. The van der Waals surface area contributed by atoms with Crippen LogP contribution >= 0.6 is 0 Å². The third-order valence-corrected chi connectivity index (χ3v) is 6.25. The zero-order valence-electron chi connectivity index (χ0n) is 16.7. The summed E-state index contributed by atoms with van der Waals surface area (Å²) in [6, 6.07) is 9.21. The molecule has 1 amide bonds. The van der Waals surface area contributed by atoms with Crippen molar-refractivity contribution in [1.29, 1.82) is 0 Å². The first-order chi connectivity index (χ1) is 13.9. The van der Waals surface area contributed by atoms with Crippen molar-refractivity contribution >= 4 is 28.0 Å². The molecule has 1 aromatic carbocycles. The fourth-order valence-corrected chi connectivity index (χ4v) is 4.40. The first-order valence-corrected chi connectivity index (χ1v) is 11.2. The van der Waals surface area contributed by atoms with Crippen LogP contribution in [0.2, 0.25) is 0 Å². The van der Waals surface area contributed by atoms with Gasteiger partial charge in [-0.1, -0.05) is 36.4 Å². The number of amides is 1. The second kappa shape index (κ2) is 10.9. The van der Waals surface area contributed by atoms with Gasteiger partial charge in [-0.25, -0.2) is 8.42 Å². The Morgan fingerprint density at radius 3 is 2.48 bits per heavy atom. The van der Waals surface area contributed by atoms with E-state index < -0.39 is 16.0 Å². The van der Waals surface area contributed by atoms with E-state index in [4.69, 9.17) is 4.74 Å². The molecule has 1 aromatic rings. The molecule has 1 heterocycles. The Bertz CT molecular complexity index is 828. The SMILES string of the molecule is C=CCN(CC(=O)OCC)C(=O)C1CCN(S(=O)(=O)C=Cc2ccccc2)CC1. The van der Waals surface area contributed by atoms with Gasteiger partial charge in [0.1, 0.15) is 6.54 Å². The van der Waals surface area contributed by atoms with Crippen LogP contribution in [-0.4, -0.2) is 62.3 Å². The van der Waals surface area contributed by atoms with Gasteiger partial charge in [0.25, 0.3) is 0 Å². The topological polar surface area (TPSA) is 84.0 Å². The van der Waals surface area contributed by atoms with Crippen molar-refractivity contribution in [2.45, 2.75) is 19.8 Å². The van der Waals surface area contributed by atoms with E-state index in [-0.39, 0.29) is 44.6 Å². The highest BCUT2D eigenvalue weighted by atomic mass is 32.2. The fourth-order valence-electron chi connectivity index (χ4n) is 3.18. The number of carbonyl (C=O) groups excluding carboxylic acids is 2. The second-order valence-corrected chi connectivity index (χ2v) is 8.56. The maximum atomic E-state index is 12.8. The molecular weight excluding hydrogens is 392 g/mol. The molecule has 8 heteroatoms. The third-order valence-electron chi connectivity index (χ3n) is 4.68. The summed E-state index contributed by atoms with van der Waals surface area (Å²) in [5.41, 5.74) is 0.806. The average Bonchev–Trinajstić information content (AvgIpc) is 2.72. The molecule has 2 rings (SSSR count). The Kier molecular flexibility index (Phi) is 8.60. The maximum absolute atomic E-state index is 12.8. The highest BCUT2D eigenvalue weighted by Crippen LogP contribution is 2.23. The zero-order chi connectivity index (χ0) is 21.3. The Morgan fingerprint density at radius 2 is 1.90 bits per heavy atom. The summed E-state index contributed by atoms with van der Waals surface area (Å²) in [6.45, 7) is 6.23. The van der Waals surface area contributed by atoms with E-state index >= 15 is 0 Å². The van der Waals surface area contributed by atoms with Gasteiger partial charge in [-0.05, 0) is 31.4 Å². The molecule has 1 saturated heterocycles. The van der Waals surface area contributed by atoms with E-state index in [1.807, 2.05) is 30.3 Å². The lowest BCUT2D eigenvalue weighted by atomic mass is 9.96. The van der Waals surface area contributed by atoms with Crippen LogP contribution in [0.1, 0.15) is 25.3 Å². The number of sulfonamides is 1. The molecule has 7 nitrogen and oxygen atoms in total. The first-order valence-electron chi connectivity index (χ1n) is 9.66. The number of carbonyl (C=O) groups is 2. The summed E-state index contributed by atoms with van der Waals surface area (Å²) in [4.78, 5) is 25.9. The van der Waals surface area contributed by atoms with Crippen molar-refractivity contribution in [3.05, 3.63) is 54.0 Å². The van der Waals surface area contributed by atoms with Gasteiger partial charge in [-0.3, -0.25) is 9.59 Å². The Morgan fingerprint density at radius 1 is 1.24 bits per heavy atom. The number of hydrogen-bond donors (Lipinski definition) is 0. The minimum absolute atomic E-state index is 0.128. The maximum Gasteiger partial charge on any atom is 0.325 e. The number of nitrogens with zero attached hydrogens (tertiary/aromatic N) is 2. The smallest absolute Gasteiger partial charge is 0.325 e. The van der Waals surface area contributed by atoms with Gasteiger partial charge in [0, 0.05) is 31.0 Å².